The van der Waals surface area contributed by atoms with Gasteiger partial charge in [-0.15, -0.1) is 0 Å². The van der Waals surface area contributed by atoms with Crippen molar-refractivity contribution in [2.45, 2.75) is 33.1 Å². The number of nitrogens with zero attached hydrogens (tertiary/aromatic N) is 1. The third-order valence-electron chi connectivity index (χ3n) is 4.15. The zero-order valence-electron chi connectivity index (χ0n) is 15.5. The fourth-order valence-corrected chi connectivity index (χ4v) is 2.54. The number of para-hydroxylation sites is 2. The van der Waals surface area contributed by atoms with Crippen molar-refractivity contribution in [1.82, 2.24) is 4.90 Å². The molecular formula is C21H29N3O. The van der Waals surface area contributed by atoms with Crippen molar-refractivity contribution in [3.05, 3.63) is 54.1 Å². The summed E-state index contributed by atoms with van der Waals surface area (Å²) in [6.45, 7) is 6.06. The van der Waals surface area contributed by atoms with Crippen LogP contribution in [-0.4, -0.2) is 30.9 Å². The largest absolute Gasteiger partial charge is 0.354 e. The number of aryl methyl sites for hydroxylation is 1. The Morgan fingerprint density at radius 2 is 1.68 bits per heavy atom. The summed E-state index contributed by atoms with van der Waals surface area (Å²) in [7, 11) is 2.07. The van der Waals surface area contributed by atoms with Gasteiger partial charge in [-0.3, -0.25) is 4.79 Å². The minimum Gasteiger partial charge on any atom is -0.354 e. The molecule has 2 N–H and O–H groups in total. The molecule has 0 bridgehead atoms. The molecule has 0 aromatic heterocycles. The SMILES string of the molecule is CCCCN(C)CCC(=O)Nc1ccccc1Nc1ccc(C)cc1. The Hall–Kier alpha value is -2.33. The van der Waals surface area contributed by atoms with E-state index < -0.39 is 0 Å². The minimum atomic E-state index is 0.0431. The lowest BCUT2D eigenvalue weighted by molar-refractivity contribution is -0.116. The molecule has 0 spiro atoms. The first kappa shape index (κ1) is 19.0. The molecule has 4 heteroatoms. The predicted octanol–water partition coefficient (Wildman–Crippen LogP) is 4.80. The first-order valence-corrected chi connectivity index (χ1v) is 8.99. The monoisotopic (exact) mass is 339 g/mol. The molecule has 0 saturated heterocycles. The number of benzene rings is 2. The third-order valence-corrected chi connectivity index (χ3v) is 4.15. The lowest BCUT2D eigenvalue weighted by Crippen LogP contribution is -2.25. The van der Waals surface area contributed by atoms with E-state index in [-0.39, 0.29) is 5.91 Å². The fourth-order valence-electron chi connectivity index (χ4n) is 2.54. The molecule has 0 atom stereocenters. The molecule has 134 valence electrons. The van der Waals surface area contributed by atoms with Gasteiger partial charge in [-0.1, -0.05) is 43.2 Å². The molecule has 2 rings (SSSR count). The summed E-state index contributed by atoms with van der Waals surface area (Å²) in [5.41, 5.74) is 3.94. The van der Waals surface area contributed by atoms with Gasteiger partial charge in [-0.2, -0.15) is 0 Å². The molecule has 4 nitrogen and oxygen atoms in total. The molecule has 0 aliphatic carbocycles. The molecule has 0 fully saturated rings. The topological polar surface area (TPSA) is 44.4 Å². The molecule has 0 radical (unpaired) electrons. The maximum Gasteiger partial charge on any atom is 0.225 e. The zero-order valence-corrected chi connectivity index (χ0v) is 15.5. The van der Waals surface area contributed by atoms with E-state index in [2.05, 4.69) is 48.6 Å². The van der Waals surface area contributed by atoms with Crippen LogP contribution in [0.2, 0.25) is 0 Å². The summed E-state index contributed by atoms with van der Waals surface area (Å²) in [6.07, 6.45) is 2.84. The molecule has 1 amide bonds. The van der Waals surface area contributed by atoms with Crippen LogP contribution in [0.4, 0.5) is 17.1 Å². The van der Waals surface area contributed by atoms with E-state index in [1.54, 1.807) is 0 Å². The highest BCUT2D eigenvalue weighted by Crippen LogP contribution is 2.25. The molecule has 0 unspecified atom stereocenters. The predicted molar refractivity (Wildman–Crippen MR) is 107 cm³/mol. The average Bonchev–Trinajstić information content (AvgIpc) is 2.61. The van der Waals surface area contributed by atoms with E-state index in [0.717, 1.165) is 30.2 Å². The Kier molecular flexibility index (Phi) is 7.48. The van der Waals surface area contributed by atoms with Crippen molar-refractivity contribution < 1.29 is 4.79 Å². The molecule has 0 heterocycles. The standard InChI is InChI=1S/C21H29N3O/c1-4-5-15-24(3)16-14-21(25)23-20-9-7-6-8-19(20)22-18-12-10-17(2)11-13-18/h6-13,22H,4-5,14-16H2,1-3H3,(H,23,25). The van der Waals surface area contributed by atoms with Crippen molar-refractivity contribution in [2.24, 2.45) is 0 Å². The van der Waals surface area contributed by atoms with Gasteiger partial charge in [-0.25, -0.2) is 0 Å². The molecule has 0 saturated carbocycles. The van der Waals surface area contributed by atoms with Crippen LogP contribution in [0.3, 0.4) is 0 Å². The second-order valence-corrected chi connectivity index (χ2v) is 6.49. The van der Waals surface area contributed by atoms with Crippen molar-refractivity contribution in [3.8, 4) is 0 Å². The Morgan fingerprint density at radius 1 is 1.00 bits per heavy atom. The van der Waals surface area contributed by atoms with Crippen LogP contribution in [0.1, 0.15) is 31.7 Å². The summed E-state index contributed by atoms with van der Waals surface area (Å²) < 4.78 is 0. The van der Waals surface area contributed by atoms with Gasteiger partial charge in [0.05, 0.1) is 11.4 Å². The van der Waals surface area contributed by atoms with Crippen LogP contribution in [0.5, 0.6) is 0 Å². The van der Waals surface area contributed by atoms with Gasteiger partial charge in [0.25, 0.3) is 0 Å². The second kappa shape index (κ2) is 9.84. The Morgan fingerprint density at radius 3 is 2.36 bits per heavy atom. The number of carbonyl (C=O) groups is 1. The summed E-state index contributed by atoms with van der Waals surface area (Å²) in [5, 5.41) is 6.40. The van der Waals surface area contributed by atoms with Crippen molar-refractivity contribution in [3.63, 3.8) is 0 Å². The van der Waals surface area contributed by atoms with Gasteiger partial charge >= 0.3 is 0 Å². The van der Waals surface area contributed by atoms with Crippen molar-refractivity contribution >= 4 is 23.0 Å². The Balaban J connectivity index is 1.93. The maximum absolute atomic E-state index is 12.3. The second-order valence-electron chi connectivity index (χ2n) is 6.49. The number of anilines is 3. The van der Waals surface area contributed by atoms with Crippen LogP contribution in [0, 0.1) is 6.92 Å². The van der Waals surface area contributed by atoms with E-state index in [9.17, 15) is 4.79 Å². The van der Waals surface area contributed by atoms with Gasteiger partial charge in [0.1, 0.15) is 0 Å². The lowest BCUT2D eigenvalue weighted by Gasteiger charge is -2.17. The van der Waals surface area contributed by atoms with Crippen molar-refractivity contribution in [1.29, 1.82) is 0 Å². The number of nitrogens with one attached hydrogen (secondary N) is 2. The number of carbonyl (C=O) groups excluding carboxylic acids is 1. The summed E-state index contributed by atoms with van der Waals surface area (Å²) in [6, 6.07) is 16.0. The Labute approximate surface area is 151 Å². The number of hydrogen-bond acceptors (Lipinski definition) is 3. The van der Waals surface area contributed by atoms with Gasteiger partial charge in [-0.05, 0) is 51.2 Å². The van der Waals surface area contributed by atoms with Crippen LogP contribution < -0.4 is 10.6 Å². The summed E-state index contributed by atoms with van der Waals surface area (Å²) >= 11 is 0. The quantitative estimate of drug-likeness (QED) is 0.690. The van der Waals surface area contributed by atoms with E-state index in [1.807, 2.05) is 36.4 Å². The molecule has 0 aliphatic rings. The van der Waals surface area contributed by atoms with E-state index >= 15 is 0 Å². The first-order valence-electron chi connectivity index (χ1n) is 8.99. The summed E-state index contributed by atoms with van der Waals surface area (Å²) in [5.74, 6) is 0.0431. The average molecular weight is 339 g/mol. The molecular weight excluding hydrogens is 310 g/mol. The highest BCUT2D eigenvalue weighted by atomic mass is 16.1. The summed E-state index contributed by atoms with van der Waals surface area (Å²) in [4.78, 5) is 14.5. The minimum absolute atomic E-state index is 0.0431. The van der Waals surface area contributed by atoms with Crippen LogP contribution >= 0.6 is 0 Å². The highest BCUT2D eigenvalue weighted by molar-refractivity contribution is 5.94. The van der Waals surface area contributed by atoms with Gasteiger partial charge in [0.2, 0.25) is 5.91 Å². The van der Waals surface area contributed by atoms with Crippen LogP contribution in [0.25, 0.3) is 0 Å². The number of amides is 1. The fraction of sp³-hybridized carbons (Fsp3) is 0.381. The van der Waals surface area contributed by atoms with Gasteiger partial charge < -0.3 is 15.5 Å². The number of hydrogen-bond donors (Lipinski definition) is 2. The third kappa shape index (κ3) is 6.59. The molecule has 25 heavy (non-hydrogen) atoms. The van der Waals surface area contributed by atoms with Crippen LogP contribution in [0.15, 0.2) is 48.5 Å². The normalized spacial score (nSPS) is 10.7. The van der Waals surface area contributed by atoms with Gasteiger partial charge in [0.15, 0.2) is 0 Å². The van der Waals surface area contributed by atoms with Gasteiger partial charge in [0, 0.05) is 18.7 Å². The van der Waals surface area contributed by atoms with E-state index in [0.29, 0.717) is 6.42 Å². The molecule has 0 aliphatic heterocycles. The Bertz CT molecular complexity index is 667. The van der Waals surface area contributed by atoms with E-state index in [4.69, 9.17) is 0 Å². The molecule has 2 aromatic carbocycles. The number of unbranched alkanes of at least 4 members (excludes halogenated alkanes) is 1. The zero-order chi connectivity index (χ0) is 18.1. The maximum atomic E-state index is 12.3. The van der Waals surface area contributed by atoms with Crippen molar-refractivity contribution in [2.75, 3.05) is 30.8 Å². The highest BCUT2D eigenvalue weighted by Gasteiger charge is 2.08. The first-order chi connectivity index (χ1) is 12.1. The number of rotatable bonds is 9. The smallest absolute Gasteiger partial charge is 0.225 e. The lowest BCUT2D eigenvalue weighted by atomic mass is 10.2. The van der Waals surface area contributed by atoms with Crippen LogP contribution in [-0.2, 0) is 4.79 Å². The van der Waals surface area contributed by atoms with E-state index in [1.165, 1.54) is 18.4 Å². The molecule has 2 aromatic rings.